The number of esters is 3. The molecule has 0 aromatic rings. The Hall–Kier alpha value is -2.11. The molecule has 0 aliphatic heterocycles. The molecule has 0 aromatic heterocycles. The van der Waals surface area contributed by atoms with Crippen molar-refractivity contribution in [3.05, 3.63) is 24.3 Å². The molecule has 1 atom stereocenters. The largest absolute Gasteiger partial charge is 0.462 e. The Bertz CT molecular complexity index is 1190. The lowest BCUT2D eigenvalue weighted by Gasteiger charge is -2.18. The summed E-state index contributed by atoms with van der Waals surface area (Å²) in [5, 5.41) is 0. The third-order valence-corrected chi connectivity index (χ3v) is 15.2. The predicted molar refractivity (Wildman–Crippen MR) is 321 cm³/mol. The highest BCUT2D eigenvalue weighted by Crippen LogP contribution is 2.19. The van der Waals surface area contributed by atoms with E-state index in [0.717, 1.165) is 89.9 Å². The van der Waals surface area contributed by atoms with Gasteiger partial charge in [-0.3, -0.25) is 14.4 Å². The minimum atomic E-state index is -0.773. The Morgan fingerprint density at radius 3 is 0.797 bits per heavy atom. The van der Waals surface area contributed by atoms with Gasteiger partial charge in [-0.25, -0.2) is 0 Å². The molecule has 0 amide bonds. The number of allylic oxidation sites excluding steroid dienone is 4. The van der Waals surface area contributed by atoms with Crippen molar-refractivity contribution in [2.24, 2.45) is 0 Å². The second-order valence-corrected chi connectivity index (χ2v) is 22.7. The average molecular weight is 1040 g/mol. The van der Waals surface area contributed by atoms with Gasteiger partial charge in [0, 0.05) is 19.3 Å². The smallest absolute Gasteiger partial charge is 0.306 e. The van der Waals surface area contributed by atoms with Crippen molar-refractivity contribution in [2.75, 3.05) is 13.2 Å². The molecule has 6 heteroatoms. The minimum absolute atomic E-state index is 0.0718. The molecule has 436 valence electrons. The maximum absolute atomic E-state index is 12.8. The van der Waals surface area contributed by atoms with Crippen LogP contribution in [0.5, 0.6) is 0 Å². The summed E-state index contributed by atoms with van der Waals surface area (Å²) in [6, 6.07) is 0. The summed E-state index contributed by atoms with van der Waals surface area (Å²) in [5.41, 5.74) is 0. The van der Waals surface area contributed by atoms with Gasteiger partial charge in [0.2, 0.25) is 0 Å². The van der Waals surface area contributed by atoms with E-state index in [0.29, 0.717) is 19.3 Å². The van der Waals surface area contributed by atoms with Gasteiger partial charge in [-0.15, -0.1) is 0 Å². The lowest BCUT2D eigenvalue weighted by Crippen LogP contribution is -2.30. The van der Waals surface area contributed by atoms with Gasteiger partial charge in [0.15, 0.2) is 6.10 Å². The number of rotatable bonds is 62. The van der Waals surface area contributed by atoms with E-state index in [1.165, 1.54) is 244 Å². The Kier molecular flexibility index (Phi) is 61.6. The molecule has 0 rings (SSSR count). The van der Waals surface area contributed by atoms with Crippen LogP contribution in [0.15, 0.2) is 24.3 Å². The summed E-state index contributed by atoms with van der Waals surface area (Å²) >= 11 is 0. The summed E-state index contributed by atoms with van der Waals surface area (Å²) in [6.45, 7) is 6.61. The van der Waals surface area contributed by atoms with Gasteiger partial charge >= 0.3 is 17.9 Å². The van der Waals surface area contributed by atoms with Gasteiger partial charge in [-0.05, 0) is 44.9 Å². The summed E-state index contributed by atoms with van der Waals surface area (Å²) in [4.78, 5) is 38.1. The SMILES string of the molecule is CCC/C=C\C/C=C\CCCCCCCC(=O)OC(COC(=O)CCCCCCCCCCCC)COC(=O)CCCCCCCCCCCCCCCCCCCCCCCCCCCCCCCCCCC. The zero-order valence-electron chi connectivity index (χ0n) is 50.1. The number of carbonyl (C=O) groups is 3. The van der Waals surface area contributed by atoms with Crippen molar-refractivity contribution in [3.63, 3.8) is 0 Å². The van der Waals surface area contributed by atoms with E-state index >= 15 is 0 Å². The third kappa shape index (κ3) is 60.8. The van der Waals surface area contributed by atoms with Gasteiger partial charge in [-0.2, -0.15) is 0 Å². The second-order valence-electron chi connectivity index (χ2n) is 22.7. The molecule has 0 aromatic carbocycles. The zero-order valence-corrected chi connectivity index (χ0v) is 50.1. The lowest BCUT2D eigenvalue weighted by atomic mass is 10.0. The number of hydrogen-bond donors (Lipinski definition) is 0. The van der Waals surface area contributed by atoms with Gasteiger partial charge in [0.25, 0.3) is 0 Å². The highest BCUT2D eigenvalue weighted by Gasteiger charge is 2.19. The Morgan fingerprint density at radius 1 is 0.270 bits per heavy atom. The molecule has 0 aliphatic rings. The molecule has 0 saturated heterocycles. The summed E-state index contributed by atoms with van der Waals surface area (Å²) < 4.78 is 16.9. The average Bonchev–Trinajstić information content (AvgIpc) is 3.40. The maximum atomic E-state index is 12.8. The maximum Gasteiger partial charge on any atom is 0.306 e. The molecule has 0 saturated carbocycles. The van der Waals surface area contributed by atoms with Gasteiger partial charge in [0.1, 0.15) is 13.2 Å². The van der Waals surface area contributed by atoms with Gasteiger partial charge in [0.05, 0.1) is 0 Å². The Balaban J connectivity index is 3.97. The van der Waals surface area contributed by atoms with E-state index in [4.69, 9.17) is 14.2 Å². The van der Waals surface area contributed by atoms with Crippen molar-refractivity contribution < 1.29 is 28.6 Å². The summed E-state index contributed by atoms with van der Waals surface area (Å²) in [6.07, 6.45) is 76.6. The molecule has 6 nitrogen and oxygen atoms in total. The van der Waals surface area contributed by atoms with E-state index in [1.807, 2.05) is 0 Å². The van der Waals surface area contributed by atoms with Crippen molar-refractivity contribution in [1.82, 2.24) is 0 Å². The third-order valence-electron chi connectivity index (χ3n) is 15.2. The standard InChI is InChI=1S/C68H128O6/c1-4-7-10-13-16-19-22-24-25-26-27-28-29-30-31-32-33-34-35-36-37-38-39-40-41-42-43-45-46-49-52-55-58-61-67(70)73-64-65(63-72-66(69)60-57-54-51-48-21-18-15-12-9-6-3)74-68(71)62-59-56-53-50-47-44-23-20-17-14-11-8-5-2/h11,14,20,23,65H,4-10,12-13,15-19,21-22,24-64H2,1-3H3/b14-11-,23-20-. The molecular weight excluding hydrogens is 913 g/mol. The Labute approximate surface area is 462 Å². The lowest BCUT2D eigenvalue weighted by molar-refractivity contribution is -0.167. The van der Waals surface area contributed by atoms with Gasteiger partial charge in [-0.1, -0.05) is 334 Å². The van der Waals surface area contributed by atoms with Crippen molar-refractivity contribution >= 4 is 17.9 Å². The van der Waals surface area contributed by atoms with Crippen LogP contribution in [0, 0.1) is 0 Å². The molecule has 1 unspecified atom stereocenters. The van der Waals surface area contributed by atoms with E-state index in [-0.39, 0.29) is 31.1 Å². The van der Waals surface area contributed by atoms with Crippen LogP contribution in [0.2, 0.25) is 0 Å². The van der Waals surface area contributed by atoms with Crippen molar-refractivity contribution in [1.29, 1.82) is 0 Å². The van der Waals surface area contributed by atoms with Crippen LogP contribution in [0.4, 0.5) is 0 Å². The predicted octanol–water partition coefficient (Wildman–Crippen LogP) is 22.6. The Morgan fingerprint density at radius 2 is 0.514 bits per heavy atom. The van der Waals surface area contributed by atoms with Crippen LogP contribution < -0.4 is 0 Å². The fraction of sp³-hybridized carbons (Fsp3) is 0.897. The molecule has 0 bridgehead atoms. The van der Waals surface area contributed by atoms with Crippen LogP contribution in [0.25, 0.3) is 0 Å². The van der Waals surface area contributed by atoms with Gasteiger partial charge < -0.3 is 14.2 Å². The normalized spacial score (nSPS) is 12.1. The first-order valence-electron chi connectivity index (χ1n) is 33.3. The summed E-state index contributed by atoms with van der Waals surface area (Å²) in [7, 11) is 0. The first-order valence-corrected chi connectivity index (χ1v) is 33.3. The molecule has 0 fully saturated rings. The first-order chi connectivity index (χ1) is 36.5. The number of unbranched alkanes of at least 4 members (excludes halogenated alkanes) is 47. The van der Waals surface area contributed by atoms with Crippen LogP contribution in [0.3, 0.4) is 0 Å². The topological polar surface area (TPSA) is 78.9 Å². The number of ether oxygens (including phenoxy) is 3. The fourth-order valence-electron chi connectivity index (χ4n) is 10.2. The van der Waals surface area contributed by atoms with E-state index in [9.17, 15) is 14.4 Å². The number of hydrogen-bond acceptors (Lipinski definition) is 6. The van der Waals surface area contributed by atoms with Crippen molar-refractivity contribution in [3.8, 4) is 0 Å². The van der Waals surface area contributed by atoms with Crippen molar-refractivity contribution in [2.45, 2.75) is 380 Å². The molecular formula is C68H128O6. The minimum Gasteiger partial charge on any atom is -0.462 e. The molecule has 0 aliphatic carbocycles. The van der Waals surface area contributed by atoms with E-state index < -0.39 is 6.10 Å². The van der Waals surface area contributed by atoms with Crippen LogP contribution in [0.1, 0.15) is 374 Å². The quantitative estimate of drug-likeness (QED) is 0.0261. The molecule has 0 spiro atoms. The van der Waals surface area contributed by atoms with E-state index in [1.54, 1.807) is 0 Å². The van der Waals surface area contributed by atoms with Crippen LogP contribution >= 0.6 is 0 Å². The molecule has 0 heterocycles. The monoisotopic (exact) mass is 1040 g/mol. The first kappa shape index (κ1) is 71.9. The second kappa shape index (κ2) is 63.4. The fourth-order valence-corrected chi connectivity index (χ4v) is 10.2. The highest BCUT2D eigenvalue weighted by molar-refractivity contribution is 5.71. The molecule has 74 heavy (non-hydrogen) atoms. The van der Waals surface area contributed by atoms with Crippen LogP contribution in [-0.4, -0.2) is 37.2 Å². The summed E-state index contributed by atoms with van der Waals surface area (Å²) in [5.74, 6) is -0.866. The van der Waals surface area contributed by atoms with Crippen LogP contribution in [-0.2, 0) is 28.6 Å². The number of carbonyl (C=O) groups excluding carboxylic acids is 3. The zero-order chi connectivity index (χ0) is 53.6. The highest BCUT2D eigenvalue weighted by atomic mass is 16.6. The van der Waals surface area contributed by atoms with E-state index in [2.05, 4.69) is 45.1 Å². The molecule has 0 radical (unpaired) electrons. The molecule has 0 N–H and O–H groups in total.